The molecule has 0 saturated carbocycles. The van der Waals surface area contributed by atoms with Crippen molar-refractivity contribution in [3.05, 3.63) is 34.9 Å². The van der Waals surface area contributed by atoms with E-state index in [0.29, 0.717) is 12.1 Å². The fraction of sp³-hybridized carbons (Fsp3) is 0.182. The van der Waals surface area contributed by atoms with Crippen LogP contribution < -0.4 is 5.56 Å². The minimum absolute atomic E-state index is 0.0343. The van der Waals surface area contributed by atoms with E-state index in [4.69, 9.17) is 6.42 Å². The van der Waals surface area contributed by atoms with Gasteiger partial charge in [0.25, 0.3) is 5.56 Å². The van der Waals surface area contributed by atoms with Crippen molar-refractivity contribution in [1.82, 2.24) is 9.13 Å². The highest BCUT2D eigenvalue weighted by Crippen LogP contribution is 2.08. The Balaban J connectivity index is 2.81. The van der Waals surface area contributed by atoms with Gasteiger partial charge in [0.05, 0.1) is 6.54 Å². The second kappa shape index (κ2) is 3.08. The van der Waals surface area contributed by atoms with E-state index < -0.39 is 0 Å². The zero-order valence-electron chi connectivity index (χ0n) is 7.90. The van der Waals surface area contributed by atoms with Gasteiger partial charge in [-0.1, -0.05) is 5.92 Å². The average Bonchev–Trinajstić information content (AvgIpc) is 2.54. The molecule has 0 aliphatic heterocycles. The predicted molar refractivity (Wildman–Crippen MR) is 56.0 cm³/mol. The number of fused-ring (bicyclic) bond motifs is 1. The Morgan fingerprint density at radius 3 is 2.86 bits per heavy atom. The molecule has 0 bridgehead atoms. The third kappa shape index (κ3) is 1.12. The lowest BCUT2D eigenvalue weighted by atomic mass is 10.3. The van der Waals surface area contributed by atoms with Crippen LogP contribution in [0.1, 0.15) is 0 Å². The lowest BCUT2D eigenvalue weighted by Gasteiger charge is -2.01. The fourth-order valence-electron chi connectivity index (χ4n) is 1.55. The number of pyridine rings is 1. The molecule has 0 aliphatic rings. The molecule has 0 atom stereocenters. The van der Waals surface area contributed by atoms with Crippen LogP contribution >= 0.6 is 0 Å². The normalized spacial score (nSPS) is 10.3. The molecule has 0 spiro atoms. The average molecular weight is 186 g/mol. The molecule has 0 aromatic carbocycles. The molecule has 3 heteroatoms. The first-order valence-electron chi connectivity index (χ1n) is 4.32. The van der Waals surface area contributed by atoms with Crippen molar-refractivity contribution in [3.8, 4) is 12.3 Å². The van der Waals surface area contributed by atoms with E-state index >= 15 is 0 Å². The van der Waals surface area contributed by atoms with Gasteiger partial charge >= 0.3 is 0 Å². The van der Waals surface area contributed by atoms with Crippen molar-refractivity contribution >= 4 is 10.9 Å². The number of terminal acetylenes is 1. The molecule has 2 aromatic rings. The zero-order chi connectivity index (χ0) is 10.1. The second-order valence-electron chi connectivity index (χ2n) is 3.18. The van der Waals surface area contributed by atoms with Gasteiger partial charge in [-0.3, -0.25) is 4.79 Å². The van der Waals surface area contributed by atoms with E-state index in [1.54, 1.807) is 6.20 Å². The molecule has 70 valence electrons. The topological polar surface area (TPSA) is 26.9 Å². The molecule has 0 fully saturated rings. The maximum absolute atomic E-state index is 11.8. The lowest BCUT2D eigenvalue weighted by molar-refractivity contribution is 0.796. The first-order valence-corrected chi connectivity index (χ1v) is 4.32. The largest absolute Gasteiger partial charge is 0.346 e. The summed E-state index contributed by atoms with van der Waals surface area (Å²) in [5.41, 5.74) is 0.663. The lowest BCUT2D eigenvalue weighted by Crippen LogP contribution is -2.20. The molecule has 0 radical (unpaired) electrons. The van der Waals surface area contributed by atoms with Crippen LogP contribution in [0.15, 0.2) is 29.3 Å². The van der Waals surface area contributed by atoms with Crippen molar-refractivity contribution in [2.24, 2.45) is 7.05 Å². The molecule has 0 unspecified atom stereocenters. The molecule has 2 aromatic heterocycles. The molecule has 2 rings (SSSR count). The van der Waals surface area contributed by atoms with Gasteiger partial charge in [-0.15, -0.1) is 6.42 Å². The Kier molecular flexibility index (Phi) is 1.90. The van der Waals surface area contributed by atoms with Crippen LogP contribution in [0.5, 0.6) is 0 Å². The van der Waals surface area contributed by atoms with Crippen molar-refractivity contribution in [2.45, 2.75) is 6.54 Å². The van der Waals surface area contributed by atoms with E-state index in [-0.39, 0.29) is 5.56 Å². The SMILES string of the molecule is C#CCn1ccc2ccn(C)c2c1=O. The van der Waals surface area contributed by atoms with Crippen LogP contribution in [0.2, 0.25) is 0 Å². The summed E-state index contributed by atoms with van der Waals surface area (Å²) < 4.78 is 3.34. The van der Waals surface area contributed by atoms with E-state index in [2.05, 4.69) is 5.92 Å². The van der Waals surface area contributed by atoms with Gasteiger partial charge in [-0.25, -0.2) is 0 Å². The molecular weight excluding hydrogens is 176 g/mol. The van der Waals surface area contributed by atoms with Crippen LogP contribution in [0, 0.1) is 12.3 Å². The van der Waals surface area contributed by atoms with Crippen molar-refractivity contribution < 1.29 is 0 Å². The summed E-state index contributed by atoms with van der Waals surface area (Å²) >= 11 is 0. The minimum Gasteiger partial charge on any atom is -0.346 e. The maximum Gasteiger partial charge on any atom is 0.275 e. The predicted octanol–water partition coefficient (Wildman–Crippen LogP) is 0.973. The number of aryl methyl sites for hydroxylation is 1. The van der Waals surface area contributed by atoms with Gasteiger partial charge in [0.15, 0.2) is 0 Å². The first-order chi connectivity index (χ1) is 6.74. The highest BCUT2D eigenvalue weighted by molar-refractivity contribution is 5.78. The summed E-state index contributed by atoms with van der Waals surface area (Å²) in [5, 5.41) is 0.950. The molecule has 0 saturated heterocycles. The molecule has 3 nitrogen and oxygen atoms in total. The Labute approximate surface area is 81.6 Å². The van der Waals surface area contributed by atoms with Crippen LogP contribution in [0.4, 0.5) is 0 Å². The third-order valence-corrected chi connectivity index (χ3v) is 2.26. The van der Waals surface area contributed by atoms with Gasteiger partial charge in [0, 0.05) is 24.8 Å². The summed E-state index contributed by atoms with van der Waals surface area (Å²) in [5.74, 6) is 2.45. The maximum atomic E-state index is 11.8. The first kappa shape index (κ1) is 8.64. The van der Waals surface area contributed by atoms with Crippen LogP contribution in [-0.4, -0.2) is 9.13 Å². The number of nitrogens with zero attached hydrogens (tertiary/aromatic N) is 2. The summed E-state index contributed by atoms with van der Waals surface area (Å²) in [4.78, 5) is 11.8. The highest BCUT2D eigenvalue weighted by Gasteiger charge is 2.04. The fourth-order valence-corrected chi connectivity index (χ4v) is 1.55. The number of aromatic nitrogens is 2. The Bertz CT molecular complexity index is 569. The number of hydrogen-bond donors (Lipinski definition) is 0. The Hall–Kier alpha value is -1.95. The highest BCUT2D eigenvalue weighted by atomic mass is 16.1. The van der Waals surface area contributed by atoms with Crippen LogP contribution in [0.25, 0.3) is 10.9 Å². The van der Waals surface area contributed by atoms with Crippen molar-refractivity contribution in [1.29, 1.82) is 0 Å². The van der Waals surface area contributed by atoms with E-state index in [1.165, 1.54) is 4.57 Å². The monoisotopic (exact) mass is 186 g/mol. The second-order valence-corrected chi connectivity index (χ2v) is 3.18. The van der Waals surface area contributed by atoms with Crippen LogP contribution in [-0.2, 0) is 13.6 Å². The smallest absolute Gasteiger partial charge is 0.275 e. The van der Waals surface area contributed by atoms with E-state index in [9.17, 15) is 4.79 Å². The van der Waals surface area contributed by atoms with Gasteiger partial charge in [0.1, 0.15) is 5.52 Å². The minimum atomic E-state index is -0.0343. The Morgan fingerprint density at radius 2 is 2.14 bits per heavy atom. The molecule has 0 N–H and O–H groups in total. The summed E-state index contributed by atoms with van der Waals surface area (Å²) in [6.07, 6.45) is 8.76. The quantitative estimate of drug-likeness (QED) is 0.610. The molecular formula is C11H10N2O. The van der Waals surface area contributed by atoms with Crippen molar-refractivity contribution in [3.63, 3.8) is 0 Å². The zero-order valence-corrected chi connectivity index (χ0v) is 7.90. The van der Waals surface area contributed by atoms with Crippen molar-refractivity contribution in [2.75, 3.05) is 0 Å². The van der Waals surface area contributed by atoms with Gasteiger partial charge in [-0.05, 0) is 12.1 Å². The van der Waals surface area contributed by atoms with Gasteiger partial charge < -0.3 is 9.13 Å². The third-order valence-electron chi connectivity index (χ3n) is 2.26. The molecule has 14 heavy (non-hydrogen) atoms. The number of rotatable bonds is 1. The summed E-state index contributed by atoms with van der Waals surface area (Å²) in [6, 6.07) is 3.81. The molecule has 2 heterocycles. The van der Waals surface area contributed by atoms with Gasteiger partial charge in [-0.2, -0.15) is 0 Å². The molecule has 0 amide bonds. The standard InChI is InChI=1S/C11H10N2O/c1-3-6-13-8-5-9-4-7-12(2)10(9)11(13)14/h1,4-5,7-8H,6H2,2H3. The summed E-state index contributed by atoms with van der Waals surface area (Å²) in [6.45, 7) is 0.319. The number of hydrogen-bond acceptors (Lipinski definition) is 1. The van der Waals surface area contributed by atoms with E-state index in [1.807, 2.05) is 29.9 Å². The van der Waals surface area contributed by atoms with E-state index in [0.717, 1.165) is 5.39 Å². The summed E-state index contributed by atoms with van der Waals surface area (Å²) in [7, 11) is 1.85. The van der Waals surface area contributed by atoms with Crippen LogP contribution in [0.3, 0.4) is 0 Å². The Morgan fingerprint density at radius 1 is 1.43 bits per heavy atom. The van der Waals surface area contributed by atoms with Gasteiger partial charge in [0.2, 0.25) is 0 Å². The molecule has 0 aliphatic carbocycles.